The molecule has 0 aliphatic carbocycles. The Labute approximate surface area is 130 Å². The molecule has 0 aliphatic heterocycles. The lowest BCUT2D eigenvalue weighted by molar-refractivity contribution is -0.385. The highest BCUT2D eigenvalue weighted by Crippen LogP contribution is 2.25. The first-order valence-electron chi connectivity index (χ1n) is 6.22. The number of nitrogens with zero attached hydrogens (tertiary/aromatic N) is 1. The van der Waals surface area contributed by atoms with Gasteiger partial charge in [-0.15, -0.1) is 0 Å². The number of hydrogen-bond acceptors (Lipinski definition) is 8. The molecule has 10 heteroatoms. The maximum absolute atomic E-state index is 11.7. The number of carbonyl (C=O) groups is 3. The van der Waals surface area contributed by atoms with Gasteiger partial charge in [-0.1, -0.05) is 12.1 Å². The zero-order valence-electron chi connectivity index (χ0n) is 12.3. The van der Waals surface area contributed by atoms with Crippen LogP contribution in [0.1, 0.15) is 0 Å². The number of para-hydroxylation sites is 2. The lowest BCUT2D eigenvalue weighted by atomic mass is 10.3. The van der Waals surface area contributed by atoms with Gasteiger partial charge in [0.05, 0.1) is 19.1 Å². The summed E-state index contributed by atoms with van der Waals surface area (Å²) in [4.78, 5) is 44.7. The van der Waals surface area contributed by atoms with Crippen molar-refractivity contribution >= 4 is 23.5 Å². The van der Waals surface area contributed by atoms with Crippen molar-refractivity contribution in [2.24, 2.45) is 0 Å². The molecule has 0 aliphatic rings. The lowest BCUT2D eigenvalue weighted by Gasteiger charge is -2.14. The molecule has 0 fully saturated rings. The van der Waals surface area contributed by atoms with Crippen molar-refractivity contribution in [3.8, 4) is 5.75 Å². The molecule has 0 aromatic heterocycles. The summed E-state index contributed by atoms with van der Waals surface area (Å²) in [5.41, 5.74) is -0.321. The van der Waals surface area contributed by atoms with Crippen molar-refractivity contribution in [2.45, 2.75) is 6.04 Å². The van der Waals surface area contributed by atoms with E-state index in [1.165, 1.54) is 24.3 Å². The van der Waals surface area contributed by atoms with Crippen LogP contribution < -0.4 is 10.1 Å². The Hall–Kier alpha value is -3.17. The largest absolute Gasteiger partial charge is 0.477 e. The summed E-state index contributed by atoms with van der Waals surface area (Å²) in [6.45, 7) is -0.644. The van der Waals surface area contributed by atoms with Crippen molar-refractivity contribution in [1.29, 1.82) is 0 Å². The predicted molar refractivity (Wildman–Crippen MR) is 74.6 cm³/mol. The minimum Gasteiger partial charge on any atom is -0.477 e. The number of carbonyl (C=O) groups excluding carboxylic acids is 3. The highest BCUT2D eigenvalue weighted by molar-refractivity contribution is 6.02. The lowest BCUT2D eigenvalue weighted by Crippen LogP contribution is -2.49. The molecule has 0 saturated carbocycles. The highest BCUT2D eigenvalue weighted by atomic mass is 16.6. The van der Waals surface area contributed by atoms with Crippen LogP contribution in [0.3, 0.4) is 0 Å². The third kappa shape index (κ3) is 4.95. The van der Waals surface area contributed by atoms with E-state index < -0.39 is 35.4 Å². The summed E-state index contributed by atoms with van der Waals surface area (Å²) in [7, 11) is 2.07. The Morgan fingerprint density at radius 1 is 1.17 bits per heavy atom. The van der Waals surface area contributed by atoms with Crippen LogP contribution in [0.2, 0.25) is 0 Å². The summed E-state index contributed by atoms with van der Waals surface area (Å²) in [5.74, 6) is -3.02. The topological polar surface area (TPSA) is 134 Å². The number of rotatable bonds is 7. The van der Waals surface area contributed by atoms with Crippen LogP contribution >= 0.6 is 0 Å². The van der Waals surface area contributed by atoms with Gasteiger partial charge < -0.3 is 19.5 Å². The van der Waals surface area contributed by atoms with Gasteiger partial charge in [0.25, 0.3) is 5.91 Å². The van der Waals surface area contributed by atoms with Crippen LogP contribution in [0, 0.1) is 10.1 Å². The second-order valence-electron chi connectivity index (χ2n) is 4.06. The Kier molecular flexibility index (Phi) is 6.46. The number of esters is 2. The fourth-order valence-electron chi connectivity index (χ4n) is 1.53. The van der Waals surface area contributed by atoms with Gasteiger partial charge in [0.2, 0.25) is 6.04 Å². The summed E-state index contributed by atoms with van der Waals surface area (Å²) < 4.78 is 13.8. The van der Waals surface area contributed by atoms with E-state index in [0.717, 1.165) is 14.2 Å². The number of nitrogens with one attached hydrogen (secondary N) is 1. The number of methoxy groups -OCH3 is 2. The molecule has 1 amide bonds. The molecule has 0 radical (unpaired) electrons. The molecule has 10 nitrogen and oxygen atoms in total. The third-order valence-corrected chi connectivity index (χ3v) is 2.60. The van der Waals surface area contributed by atoms with Gasteiger partial charge in [0.15, 0.2) is 12.4 Å². The normalized spacial score (nSPS) is 9.87. The molecule has 0 atom stereocenters. The molecule has 0 unspecified atom stereocenters. The number of hydrogen-bond donors (Lipinski definition) is 1. The molecule has 0 bridgehead atoms. The van der Waals surface area contributed by atoms with Gasteiger partial charge in [-0.2, -0.15) is 0 Å². The molecule has 1 aromatic rings. The van der Waals surface area contributed by atoms with Crippen molar-refractivity contribution in [3.63, 3.8) is 0 Å². The Bertz CT molecular complexity index is 600. The van der Waals surface area contributed by atoms with Crippen molar-refractivity contribution in [2.75, 3.05) is 20.8 Å². The first-order valence-corrected chi connectivity index (χ1v) is 6.22. The Morgan fingerprint density at radius 3 is 2.26 bits per heavy atom. The standard InChI is InChI=1S/C13H14N2O8/c1-21-12(17)11(13(18)22-2)14-10(16)7-23-9-6-4-3-5-8(9)15(19)20/h3-6,11H,7H2,1-2H3,(H,14,16). The van der Waals surface area contributed by atoms with Crippen LogP contribution in [0.5, 0.6) is 5.75 Å². The maximum Gasteiger partial charge on any atom is 0.340 e. The molecule has 0 saturated heterocycles. The quantitative estimate of drug-likeness (QED) is 0.315. The zero-order valence-corrected chi connectivity index (χ0v) is 12.3. The van der Waals surface area contributed by atoms with E-state index in [2.05, 4.69) is 14.8 Å². The Balaban J connectivity index is 2.71. The number of nitro benzene ring substituents is 1. The van der Waals surface area contributed by atoms with E-state index in [1.807, 2.05) is 0 Å². The van der Waals surface area contributed by atoms with E-state index in [4.69, 9.17) is 4.74 Å². The molecule has 124 valence electrons. The molecule has 1 rings (SSSR count). The van der Waals surface area contributed by atoms with Crippen molar-refractivity contribution in [1.82, 2.24) is 5.32 Å². The number of amides is 1. The summed E-state index contributed by atoms with van der Waals surface area (Å²) in [5, 5.41) is 12.9. The minimum atomic E-state index is -1.65. The summed E-state index contributed by atoms with van der Waals surface area (Å²) >= 11 is 0. The van der Waals surface area contributed by atoms with E-state index in [-0.39, 0.29) is 11.4 Å². The summed E-state index contributed by atoms with van der Waals surface area (Å²) in [6, 6.07) is 3.80. The van der Waals surface area contributed by atoms with E-state index in [0.29, 0.717) is 0 Å². The average Bonchev–Trinajstić information content (AvgIpc) is 2.56. The van der Waals surface area contributed by atoms with E-state index >= 15 is 0 Å². The molecule has 0 heterocycles. The number of benzene rings is 1. The van der Waals surface area contributed by atoms with Crippen molar-refractivity contribution < 1.29 is 33.5 Å². The smallest absolute Gasteiger partial charge is 0.340 e. The molecular weight excluding hydrogens is 312 g/mol. The third-order valence-electron chi connectivity index (χ3n) is 2.60. The zero-order chi connectivity index (χ0) is 17.4. The molecular formula is C13H14N2O8. The SMILES string of the molecule is COC(=O)C(NC(=O)COc1ccccc1[N+](=O)[O-])C(=O)OC. The molecule has 1 N–H and O–H groups in total. The van der Waals surface area contributed by atoms with Crippen LogP contribution in [-0.4, -0.2) is 49.6 Å². The van der Waals surface area contributed by atoms with Crippen LogP contribution in [0.15, 0.2) is 24.3 Å². The van der Waals surface area contributed by atoms with Gasteiger partial charge >= 0.3 is 17.6 Å². The molecule has 0 spiro atoms. The second-order valence-corrected chi connectivity index (χ2v) is 4.06. The fourth-order valence-corrected chi connectivity index (χ4v) is 1.53. The Morgan fingerprint density at radius 2 is 1.74 bits per heavy atom. The van der Waals surface area contributed by atoms with E-state index in [9.17, 15) is 24.5 Å². The minimum absolute atomic E-state index is 0.125. The van der Waals surface area contributed by atoms with E-state index in [1.54, 1.807) is 0 Å². The van der Waals surface area contributed by atoms with Crippen LogP contribution in [0.25, 0.3) is 0 Å². The van der Waals surface area contributed by atoms with Crippen molar-refractivity contribution in [3.05, 3.63) is 34.4 Å². The van der Waals surface area contributed by atoms with Crippen LogP contribution in [0.4, 0.5) is 5.69 Å². The van der Waals surface area contributed by atoms with Gasteiger partial charge in [-0.3, -0.25) is 14.9 Å². The maximum atomic E-state index is 11.7. The second kappa shape index (κ2) is 8.32. The first-order chi connectivity index (χ1) is 10.9. The summed E-state index contributed by atoms with van der Waals surface area (Å²) in [6.07, 6.45) is 0. The fraction of sp³-hybridized carbons (Fsp3) is 0.308. The monoisotopic (exact) mass is 326 g/mol. The number of ether oxygens (including phenoxy) is 3. The van der Waals surface area contributed by atoms with Gasteiger partial charge in [0.1, 0.15) is 0 Å². The molecule has 1 aromatic carbocycles. The highest BCUT2D eigenvalue weighted by Gasteiger charge is 2.30. The van der Waals surface area contributed by atoms with Gasteiger partial charge in [0, 0.05) is 6.07 Å². The van der Waals surface area contributed by atoms with Gasteiger partial charge in [-0.05, 0) is 6.07 Å². The first kappa shape index (κ1) is 17.9. The average molecular weight is 326 g/mol. The predicted octanol–water partition coefficient (Wildman–Crippen LogP) is -0.196. The number of nitro groups is 1. The molecule has 23 heavy (non-hydrogen) atoms. The van der Waals surface area contributed by atoms with Crippen LogP contribution in [-0.2, 0) is 23.9 Å². The van der Waals surface area contributed by atoms with Gasteiger partial charge in [-0.25, -0.2) is 9.59 Å².